The van der Waals surface area contributed by atoms with Gasteiger partial charge in [0, 0.05) is 18.0 Å². The van der Waals surface area contributed by atoms with E-state index in [2.05, 4.69) is 0 Å². The fourth-order valence-corrected chi connectivity index (χ4v) is 5.89. The first-order chi connectivity index (χ1) is 16.3. The van der Waals surface area contributed by atoms with Crippen LogP contribution in [-0.4, -0.2) is 63.1 Å². The second kappa shape index (κ2) is 14.3. The fourth-order valence-electron chi connectivity index (χ4n) is 3.54. The Hall–Kier alpha value is -2.10. The van der Waals surface area contributed by atoms with E-state index in [1.807, 2.05) is 49.6 Å². The van der Waals surface area contributed by atoms with Gasteiger partial charge < -0.3 is 14.4 Å². The van der Waals surface area contributed by atoms with Gasteiger partial charge in [0.25, 0.3) is 0 Å². The number of carbonyl (C=O) groups is 1. The second-order valence-electron chi connectivity index (χ2n) is 8.19. The molecule has 0 saturated carbocycles. The number of carbonyl (C=O) groups excluding carboxylic acids is 1. The number of benzene rings is 1. The van der Waals surface area contributed by atoms with E-state index in [4.69, 9.17) is 9.47 Å². The van der Waals surface area contributed by atoms with Crippen molar-refractivity contribution in [2.24, 2.45) is 0 Å². The number of hydrogen-bond donors (Lipinski definition) is 0. The van der Waals surface area contributed by atoms with Gasteiger partial charge in [0.2, 0.25) is 15.9 Å². The van der Waals surface area contributed by atoms with Crippen molar-refractivity contribution in [1.29, 1.82) is 0 Å². The molecule has 1 aromatic carbocycles. The van der Waals surface area contributed by atoms with Gasteiger partial charge in [-0.2, -0.15) is 4.31 Å². The lowest BCUT2D eigenvalue weighted by Crippen LogP contribution is -2.44. The molecule has 2 rings (SSSR count). The van der Waals surface area contributed by atoms with Crippen LogP contribution in [0.25, 0.3) is 0 Å². The van der Waals surface area contributed by atoms with Gasteiger partial charge in [-0.3, -0.25) is 4.79 Å². The van der Waals surface area contributed by atoms with Gasteiger partial charge in [0.05, 0.1) is 33.1 Å². The fraction of sp³-hybridized carbons (Fsp3) is 0.560. The quantitative estimate of drug-likeness (QED) is 0.331. The van der Waals surface area contributed by atoms with Crippen LogP contribution in [0.1, 0.15) is 50.0 Å². The summed E-state index contributed by atoms with van der Waals surface area (Å²) in [5, 5.41) is 1.98. The maximum absolute atomic E-state index is 13.4. The van der Waals surface area contributed by atoms with Crippen molar-refractivity contribution < 1.29 is 22.7 Å². The average Bonchev–Trinajstić information content (AvgIpc) is 3.35. The first-order valence-corrected chi connectivity index (χ1v) is 14.3. The molecule has 7 nitrogen and oxygen atoms in total. The molecule has 0 atom stereocenters. The van der Waals surface area contributed by atoms with E-state index in [1.54, 1.807) is 30.5 Å². The van der Waals surface area contributed by atoms with Crippen LogP contribution in [0, 0.1) is 0 Å². The number of sulfonamides is 1. The minimum Gasteiger partial charge on any atom is -0.493 e. The molecule has 1 heterocycles. The molecule has 0 aliphatic heterocycles. The van der Waals surface area contributed by atoms with Crippen LogP contribution in [0.3, 0.4) is 0 Å². The lowest BCUT2D eigenvalue weighted by molar-refractivity contribution is -0.132. The first kappa shape index (κ1) is 28.1. The number of amides is 1. The standard InChI is InChI=1S/C25H38N2O5S2/c1-5-7-14-27(34(29,30)17-8-6-2)20-25(28)26(19-22-10-9-16-33-22)15-13-21-11-12-23(31-3)24(18-21)32-4/h9-12,16,18H,5-8,13-15,17,19-20H2,1-4H3. The molecule has 0 saturated heterocycles. The van der Waals surface area contributed by atoms with Gasteiger partial charge in [-0.25, -0.2) is 8.42 Å². The lowest BCUT2D eigenvalue weighted by Gasteiger charge is -2.27. The molecule has 0 aliphatic carbocycles. The van der Waals surface area contributed by atoms with E-state index in [0.29, 0.717) is 44.0 Å². The second-order valence-corrected chi connectivity index (χ2v) is 11.3. The largest absolute Gasteiger partial charge is 0.493 e. The molecule has 190 valence electrons. The summed E-state index contributed by atoms with van der Waals surface area (Å²) >= 11 is 1.59. The molecule has 1 amide bonds. The van der Waals surface area contributed by atoms with E-state index in [9.17, 15) is 13.2 Å². The average molecular weight is 511 g/mol. The van der Waals surface area contributed by atoms with Crippen LogP contribution in [0.15, 0.2) is 35.7 Å². The predicted molar refractivity (Wildman–Crippen MR) is 138 cm³/mol. The van der Waals surface area contributed by atoms with Crippen molar-refractivity contribution in [3.8, 4) is 11.5 Å². The van der Waals surface area contributed by atoms with Crippen LogP contribution in [0.4, 0.5) is 0 Å². The van der Waals surface area contributed by atoms with Crippen LogP contribution >= 0.6 is 11.3 Å². The number of hydrogen-bond acceptors (Lipinski definition) is 6. The van der Waals surface area contributed by atoms with Gasteiger partial charge in [-0.15, -0.1) is 11.3 Å². The third kappa shape index (κ3) is 8.60. The Kier molecular flexibility index (Phi) is 11.9. The third-order valence-corrected chi connectivity index (χ3v) is 8.38. The van der Waals surface area contributed by atoms with Crippen LogP contribution in [0.5, 0.6) is 11.5 Å². The molecule has 0 N–H and O–H groups in total. The maximum Gasteiger partial charge on any atom is 0.238 e. The first-order valence-electron chi connectivity index (χ1n) is 11.8. The predicted octanol–water partition coefficient (Wildman–Crippen LogP) is 4.57. The molecule has 0 aliphatic rings. The van der Waals surface area contributed by atoms with Crippen molar-refractivity contribution >= 4 is 27.3 Å². The van der Waals surface area contributed by atoms with Gasteiger partial charge in [0.15, 0.2) is 11.5 Å². The SMILES string of the molecule is CCCCN(CC(=O)N(CCc1ccc(OC)c(OC)c1)Cc1cccs1)S(=O)(=O)CCCC. The zero-order chi connectivity index (χ0) is 25.0. The summed E-state index contributed by atoms with van der Waals surface area (Å²) in [6.45, 7) is 5.17. The monoisotopic (exact) mass is 510 g/mol. The van der Waals surface area contributed by atoms with Gasteiger partial charge in [-0.05, 0) is 48.4 Å². The summed E-state index contributed by atoms with van der Waals surface area (Å²) in [5.41, 5.74) is 1.01. The third-order valence-electron chi connectivity index (χ3n) is 5.62. The summed E-state index contributed by atoms with van der Waals surface area (Å²) in [7, 11) is -0.283. The number of methoxy groups -OCH3 is 2. The van der Waals surface area contributed by atoms with Crippen molar-refractivity contribution in [1.82, 2.24) is 9.21 Å². The number of nitrogens with zero attached hydrogens (tertiary/aromatic N) is 2. The van der Waals surface area contributed by atoms with Gasteiger partial charge in [-0.1, -0.05) is 38.8 Å². The summed E-state index contributed by atoms with van der Waals surface area (Å²) < 4.78 is 37.9. The topological polar surface area (TPSA) is 76.2 Å². The molecule has 0 fully saturated rings. The van der Waals surface area contributed by atoms with Gasteiger partial charge >= 0.3 is 0 Å². The van der Waals surface area contributed by atoms with E-state index in [0.717, 1.165) is 29.7 Å². The maximum atomic E-state index is 13.4. The molecule has 34 heavy (non-hydrogen) atoms. The summed E-state index contributed by atoms with van der Waals surface area (Å²) in [5.74, 6) is 1.20. The van der Waals surface area contributed by atoms with E-state index in [1.165, 1.54) is 4.31 Å². The number of ether oxygens (including phenoxy) is 2. The Morgan fingerprint density at radius 2 is 1.74 bits per heavy atom. The van der Waals surface area contributed by atoms with Crippen molar-refractivity contribution in [3.05, 3.63) is 46.2 Å². The van der Waals surface area contributed by atoms with Crippen molar-refractivity contribution in [2.45, 2.75) is 52.5 Å². The van der Waals surface area contributed by atoms with Crippen LogP contribution < -0.4 is 9.47 Å². The molecule has 1 aromatic heterocycles. The van der Waals surface area contributed by atoms with Crippen LogP contribution in [-0.2, 0) is 27.8 Å². The van der Waals surface area contributed by atoms with E-state index >= 15 is 0 Å². The highest BCUT2D eigenvalue weighted by Gasteiger charge is 2.26. The number of thiophene rings is 1. The molecular weight excluding hydrogens is 472 g/mol. The zero-order valence-electron chi connectivity index (χ0n) is 20.8. The summed E-state index contributed by atoms with van der Waals surface area (Å²) in [6.07, 6.45) is 3.61. The molecule has 0 spiro atoms. The van der Waals surface area contributed by atoms with Crippen molar-refractivity contribution in [2.75, 3.05) is 39.6 Å². The minimum absolute atomic E-state index is 0.0804. The Balaban J connectivity index is 2.18. The molecule has 0 radical (unpaired) electrons. The van der Waals surface area contributed by atoms with Crippen LogP contribution in [0.2, 0.25) is 0 Å². The summed E-state index contributed by atoms with van der Waals surface area (Å²) in [6, 6.07) is 9.67. The number of unbranched alkanes of at least 4 members (excludes halogenated alkanes) is 2. The molecule has 0 unspecified atom stereocenters. The zero-order valence-corrected chi connectivity index (χ0v) is 22.4. The number of rotatable bonds is 16. The normalized spacial score (nSPS) is 11.6. The highest BCUT2D eigenvalue weighted by molar-refractivity contribution is 7.89. The lowest BCUT2D eigenvalue weighted by atomic mass is 10.1. The smallest absolute Gasteiger partial charge is 0.238 e. The van der Waals surface area contributed by atoms with E-state index in [-0.39, 0.29) is 18.2 Å². The summed E-state index contributed by atoms with van der Waals surface area (Å²) in [4.78, 5) is 16.2. The Bertz CT molecular complexity index is 977. The highest BCUT2D eigenvalue weighted by Crippen LogP contribution is 2.28. The Morgan fingerprint density at radius 1 is 1.00 bits per heavy atom. The molecule has 2 aromatic rings. The Labute approximate surface area is 208 Å². The molecule has 9 heteroatoms. The Morgan fingerprint density at radius 3 is 2.35 bits per heavy atom. The van der Waals surface area contributed by atoms with E-state index < -0.39 is 10.0 Å². The molecular formula is C25H38N2O5S2. The van der Waals surface area contributed by atoms with Crippen molar-refractivity contribution in [3.63, 3.8) is 0 Å². The van der Waals surface area contributed by atoms with Gasteiger partial charge in [0.1, 0.15) is 0 Å². The highest BCUT2D eigenvalue weighted by atomic mass is 32.2. The molecule has 0 bridgehead atoms. The minimum atomic E-state index is -3.47.